The number of hydrogen-bond donors (Lipinski definition) is 1. The summed E-state index contributed by atoms with van der Waals surface area (Å²) in [5, 5.41) is 11.3. The number of carbonyl (C=O) groups is 1. The Kier molecular flexibility index (Phi) is 13.3. The maximum absolute atomic E-state index is 9.60. The van der Waals surface area contributed by atoms with Crippen LogP contribution in [0.15, 0.2) is 17.3 Å². The minimum absolute atomic E-state index is 0.176. The first-order valence-electron chi connectivity index (χ1n) is 4.95. The second-order valence-corrected chi connectivity index (χ2v) is 3.10. The topological polar surface area (TPSA) is 86.1 Å². The fourth-order valence-electron chi connectivity index (χ4n) is 0.654. The van der Waals surface area contributed by atoms with Gasteiger partial charge in [-0.1, -0.05) is 37.9 Å². The Morgan fingerprint density at radius 3 is 2.33 bits per heavy atom. The van der Waals surface area contributed by atoms with E-state index in [2.05, 4.69) is 23.5 Å². The summed E-state index contributed by atoms with van der Waals surface area (Å²) in [6, 6.07) is 0. The lowest BCUT2D eigenvalue weighted by Gasteiger charge is -1.91. The van der Waals surface area contributed by atoms with Crippen molar-refractivity contribution >= 4 is 5.97 Å². The first kappa shape index (κ1) is 16.0. The molecule has 0 radical (unpaired) electrons. The van der Waals surface area contributed by atoms with Crippen molar-refractivity contribution in [3.8, 4) is 0 Å². The lowest BCUT2D eigenvalue weighted by atomic mass is 10.2. The molecule has 0 aliphatic rings. The number of rotatable bonds is 6. The number of nitrogens with zero attached hydrogens (tertiary/aromatic N) is 3. The van der Waals surface area contributed by atoms with Crippen LogP contribution in [-0.4, -0.2) is 17.6 Å². The number of hydrogen-bond acceptors (Lipinski definition) is 2. The van der Waals surface area contributed by atoms with Gasteiger partial charge in [-0.05, 0) is 18.9 Å². The van der Waals surface area contributed by atoms with Crippen LogP contribution in [0.3, 0.4) is 0 Å². The average Bonchev–Trinajstić information content (AvgIpc) is 2.18. The third-order valence-corrected chi connectivity index (χ3v) is 1.54. The fourth-order valence-corrected chi connectivity index (χ4v) is 0.654. The van der Waals surface area contributed by atoms with Gasteiger partial charge < -0.3 is 5.11 Å². The average molecular weight is 213 g/mol. The minimum atomic E-state index is -0.935. The molecule has 0 aliphatic heterocycles. The van der Waals surface area contributed by atoms with Crippen LogP contribution in [0, 0.1) is 0 Å². The molecule has 0 spiro atoms. The van der Waals surface area contributed by atoms with Gasteiger partial charge in [0.25, 0.3) is 0 Å². The van der Waals surface area contributed by atoms with E-state index in [1.807, 2.05) is 0 Å². The van der Waals surface area contributed by atoms with Gasteiger partial charge in [0.15, 0.2) is 0 Å². The largest absolute Gasteiger partial charge is 0.478 e. The molecule has 0 amide bonds. The highest BCUT2D eigenvalue weighted by Crippen LogP contribution is 1.98. The maximum atomic E-state index is 9.60. The quantitative estimate of drug-likeness (QED) is 0.240. The first-order valence-corrected chi connectivity index (χ1v) is 4.95. The molecule has 1 N–H and O–H groups in total. The van der Waals surface area contributed by atoms with Crippen LogP contribution in [0.5, 0.6) is 0 Å². The van der Waals surface area contributed by atoms with E-state index >= 15 is 0 Å². The molecule has 0 saturated heterocycles. The normalized spacial score (nSPS) is 8.13. The fraction of sp³-hybridized carbons (Fsp3) is 0.700. The molecule has 0 aromatic rings. The van der Waals surface area contributed by atoms with Gasteiger partial charge in [-0.3, -0.25) is 0 Å². The van der Waals surface area contributed by atoms with Gasteiger partial charge in [0, 0.05) is 17.0 Å². The van der Waals surface area contributed by atoms with Crippen LogP contribution in [0.1, 0.15) is 39.5 Å². The third kappa shape index (κ3) is 19.1. The van der Waals surface area contributed by atoms with Gasteiger partial charge in [0.2, 0.25) is 0 Å². The summed E-state index contributed by atoms with van der Waals surface area (Å²) in [5.41, 5.74) is 8.06. The summed E-state index contributed by atoms with van der Waals surface area (Å²) >= 11 is 0. The number of unbranched alkanes of at least 4 members (excludes halogenated alkanes) is 3. The smallest absolute Gasteiger partial charge is 0.330 e. The molecule has 5 nitrogen and oxygen atoms in total. The molecule has 86 valence electrons. The zero-order valence-electron chi connectivity index (χ0n) is 9.44. The molecule has 0 aromatic heterocycles. The molecule has 5 heteroatoms. The zero-order chi connectivity index (χ0) is 12.1. The van der Waals surface area contributed by atoms with E-state index in [1.165, 1.54) is 26.2 Å². The third-order valence-electron chi connectivity index (χ3n) is 1.54. The molecular formula is C10H19N3O2. The monoisotopic (exact) mass is 213 g/mol. The van der Waals surface area contributed by atoms with Gasteiger partial charge in [-0.2, -0.15) is 0 Å². The molecule has 0 unspecified atom stereocenters. The molecule has 0 bridgehead atoms. The Morgan fingerprint density at radius 2 is 2.00 bits per heavy atom. The molecule has 0 saturated carbocycles. The lowest BCUT2D eigenvalue weighted by Crippen LogP contribution is -1.92. The maximum Gasteiger partial charge on any atom is 0.330 e. The summed E-state index contributed by atoms with van der Waals surface area (Å²) in [7, 11) is 0. The Labute approximate surface area is 90.4 Å². The molecule has 0 atom stereocenters. The van der Waals surface area contributed by atoms with Crippen LogP contribution in [-0.2, 0) is 4.79 Å². The van der Waals surface area contributed by atoms with Crippen molar-refractivity contribution in [2.75, 3.05) is 6.54 Å². The predicted molar refractivity (Wildman–Crippen MR) is 60.6 cm³/mol. The van der Waals surface area contributed by atoms with Crippen molar-refractivity contribution in [2.45, 2.75) is 39.5 Å². The molecule has 0 aromatic carbocycles. The summed E-state index contributed by atoms with van der Waals surface area (Å²) in [5.74, 6) is -0.935. The molecule has 15 heavy (non-hydrogen) atoms. The van der Waals surface area contributed by atoms with Crippen LogP contribution >= 0.6 is 0 Å². The van der Waals surface area contributed by atoms with E-state index in [9.17, 15) is 4.79 Å². The molecule has 0 aliphatic carbocycles. The van der Waals surface area contributed by atoms with Crippen LogP contribution < -0.4 is 0 Å². The summed E-state index contributed by atoms with van der Waals surface area (Å²) in [6.45, 7) is 7.43. The summed E-state index contributed by atoms with van der Waals surface area (Å²) in [6.07, 6.45) is 4.71. The van der Waals surface area contributed by atoms with Crippen molar-refractivity contribution in [3.05, 3.63) is 22.6 Å². The molecule has 0 rings (SSSR count). The standard InChI is InChI=1S/C6H13N3.C4H6O2/c1-2-3-4-5-6-8-9-7;1-3(2)4(5)6/h2-6H2,1H3;1H2,2H3,(H,5,6). The second-order valence-electron chi connectivity index (χ2n) is 3.10. The number of azide groups is 1. The Balaban J connectivity index is 0. The van der Waals surface area contributed by atoms with Gasteiger partial charge >= 0.3 is 5.97 Å². The molecular weight excluding hydrogens is 194 g/mol. The van der Waals surface area contributed by atoms with Crippen molar-refractivity contribution < 1.29 is 9.90 Å². The van der Waals surface area contributed by atoms with Gasteiger partial charge in [0.05, 0.1) is 0 Å². The van der Waals surface area contributed by atoms with Crippen molar-refractivity contribution in [1.82, 2.24) is 0 Å². The van der Waals surface area contributed by atoms with Crippen LogP contribution in [0.2, 0.25) is 0 Å². The van der Waals surface area contributed by atoms with Crippen LogP contribution in [0.25, 0.3) is 10.4 Å². The zero-order valence-corrected chi connectivity index (χ0v) is 9.44. The van der Waals surface area contributed by atoms with E-state index in [0.29, 0.717) is 6.54 Å². The van der Waals surface area contributed by atoms with Crippen molar-refractivity contribution in [2.24, 2.45) is 5.11 Å². The Bertz CT molecular complexity index is 221. The summed E-state index contributed by atoms with van der Waals surface area (Å²) < 4.78 is 0. The highest BCUT2D eigenvalue weighted by atomic mass is 16.4. The minimum Gasteiger partial charge on any atom is -0.478 e. The van der Waals surface area contributed by atoms with E-state index in [4.69, 9.17) is 10.6 Å². The first-order chi connectivity index (χ1) is 7.06. The van der Waals surface area contributed by atoms with E-state index in [0.717, 1.165) is 6.42 Å². The second kappa shape index (κ2) is 12.5. The predicted octanol–water partition coefficient (Wildman–Crippen LogP) is 3.52. The summed E-state index contributed by atoms with van der Waals surface area (Å²) in [4.78, 5) is 12.3. The van der Waals surface area contributed by atoms with Gasteiger partial charge in [-0.15, -0.1) is 0 Å². The van der Waals surface area contributed by atoms with Crippen molar-refractivity contribution in [1.29, 1.82) is 0 Å². The van der Waals surface area contributed by atoms with Crippen LogP contribution in [0.4, 0.5) is 0 Å². The highest BCUT2D eigenvalue weighted by Gasteiger charge is 1.90. The Hall–Kier alpha value is -1.48. The van der Waals surface area contributed by atoms with E-state index < -0.39 is 5.97 Å². The molecule has 0 heterocycles. The SMILES string of the molecule is C=C(C)C(=O)O.CCCCCCN=[N+]=[N-]. The Morgan fingerprint density at radius 1 is 1.47 bits per heavy atom. The van der Waals surface area contributed by atoms with Gasteiger partial charge in [0.1, 0.15) is 0 Å². The number of carboxylic acids is 1. The van der Waals surface area contributed by atoms with E-state index in [-0.39, 0.29) is 5.57 Å². The van der Waals surface area contributed by atoms with E-state index in [1.54, 1.807) is 0 Å². The number of carboxylic acid groups (broad SMARTS) is 1. The van der Waals surface area contributed by atoms with Gasteiger partial charge in [-0.25, -0.2) is 4.79 Å². The number of aliphatic carboxylic acids is 1. The van der Waals surface area contributed by atoms with Crippen molar-refractivity contribution in [3.63, 3.8) is 0 Å². The highest BCUT2D eigenvalue weighted by molar-refractivity contribution is 5.84. The lowest BCUT2D eigenvalue weighted by molar-refractivity contribution is -0.132. The molecule has 0 fully saturated rings.